The second-order valence-corrected chi connectivity index (χ2v) is 14.3. The van der Waals surface area contributed by atoms with E-state index in [-0.39, 0.29) is 11.5 Å². The minimum atomic E-state index is -8.85. The zero-order valence-electron chi connectivity index (χ0n) is 25.5. The van der Waals surface area contributed by atoms with E-state index in [0.717, 1.165) is 5.56 Å². The van der Waals surface area contributed by atoms with E-state index in [1.165, 1.54) is 12.1 Å². The van der Waals surface area contributed by atoms with Gasteiger partial charge in [-0.25, -0.2) is 21.6 Å². The van der Waals surface area contributed by atoms with E-state index in [1.807, 2.05) is 6.92 Å². The Hall–Kier alpha value is -2.23. The second kappa shape index (κ2) is 15.0. The molecule has 0 aliphatic rings. The van der Waals surface area contributed by atoms with Crippen LogP contribution in [0.2, 0.25) is 0 Å². The zero-order chi connectivity index (χ0) is 40.4. The summed E-state index contributed by atoms with van der Waals surface area (Å²) < 4.78 is 285. The van der Waals surface area contributed by atoms with Gasteiger partial charge < -0.3 is 13.8 Å². The van der Waals surface area contributed by atoms with E-state index in [2.05, 4.69) is 0 Å². The number of aryl methyl sites for hydroxylation is 1. The van der Waals surface area contributed by atoms with Crippen molar-refractivity contribution >= 4 is 20.1 Å². The fourth-order valence-corrected chi connectivity index (χ4v) is 4.46. The van der Waals surface area contributed by atoms with Gasteiger partial charge >= 0.3 is 47.0 Å². The Balaban J connectivity index is 0.00000183. The van der Waals surface area contributed by atoms with Crippen LogP contribution >= 0.6 is 0 Å². The van der Waals surface area contributed by atoms with Gasteiger partial charge in [-0.2, -0.15) is 74.6 Å². The second-order valence-electron chi connectivity index (χ2n) is 11.1. The van der Waals surface area contributed by atoms with Gasteiger partial charge in [0, 0.05) is 13.2 Å². The highest BCUT2D eigenvalue weighted by molar-refractivity contribution is 7.90. The summed E-state index contributed by atoms with van der Waals surface area (Å²) in [6.45, 7) is 0.275. The molecule has 27 heteroatoms. The highest BCUT2D eigenvalue weighted by Gasteiger charge is 2.96. The van der Waals surface area contributed by atoms with Crippen molar-refractivity contribution in [2.24, 2.45) is 0 Å². The van der Waals surface area contributed by atoms with E-state index in [4.69, 9.17) is 4.74 Å². The largest absolute Gasteiger partial charge is 0.744 e. The lowest BCUT2D eigenvalue weighted by atomic mass is 9.91. The number of benzene rings is 1. The number of nitrogens with one attached hydrogen (secondary N) is 1. The van der Waals surface area contributed by atoms with Crippen molar-refractivity contribution in [3.8, 4) is 0 Å². The first-order valence-corrected chi connectivity index (χ1v) is 15.7. The number of hydrogen-bond acceptors (Lipinski definition) is 6. The Kier molecular flexibility index (Phi) is 14.3. The van der Waals surface area contributed by atoms with Gasteiger partial charge in [0.2, 0.25) is 0 Å². The molecule has 1 aromatic carbocycles. The number of sulfonamides is 1. The van der Waals surface area contributed by atoms with Crippen molar-refractivity contribution in [1.82, 2.24) is 4.72 Å². The van der Waals surface area contributed by atoms with Gasteiger partial charge in [-0.1, -0.05) is 17.7 Å². The van der Waals surface area contributed by atoms with E-state index in [9.17, 15) is 96.0 Å². The lowest BCUT2D eigenvalue weighted by molar-refractivity contribution is -0.870. The van der Waals surface area contributed by atoms with Crippen LogP contribution in [-0.2, 0) is 24.9 Å². The number of rotatable bonds is 16. The summed E-state index contributed by atoms with van der Waals surface area (Å²) in [6, 6.07) is 5.78. The number of likely N-dealkylation sites (N-methyl/N-ethyl adjacent to an activating group) is 1. The van der Waals surface area contributed by atoms with Crippen molar-refractivity contribution in [2.45, 2.75) is 65.2 Å². The third-order valence-electron chi connectivity index (χ3n) is 6.00. The molecular formula is C23H27F17N2O6S2. The number of halogens is 17. The Morgan fingerprint density at radius 1 is 0.640 bits per heavy atom. The number of ether oxygens (including phenoxy) is 1. The molecule has 0 saturated carbocycles. The minimum Gasteiger partial charge on any atom is -0.744 e. The summed E-state index contributed by atoms with van der Waals surface area (Å²) in [5.74, 6) is -51.6. The molecule has 0 aliphatic carbocycles. The first kappa shape index (κ1) is 47.8. The van der Waals surface area contributed by atoms with Crippen LogP contribution in [0.25, 0.3) is 0 Å². The molecule has 0 aliphatic heterocycles. The molecule has 0 amide bonds. The molecule has 1 aromatic rings. The molecule has 0 saturated heterocycles. The van der Waals surface area contributed by atoms with Crippen molar-refractivity contribution in [1.29, 1.82) is 0 Å². The standard InChI is InChI=1S/C16H20F17N2O3S.C7H8O3S/c1-35(2,3)6-8-38-7-4-5-34-39(36,37)16(32,33)14(27,28)12(23,24)10(19,20)9(17,18)11(21,22)13(25,26)15(29,30)31;1-6-2-4-7(5-3-6)11(8,9)10/h34H,4-8H2,1-3H3;2-5H,1H3,(H,8,9,10)/q+1;/p-1. The van der Waals surface area contributed by atoms with E-state index < -0.39 is 86.7 Å². The number of hydrogen-bond donors (Lipinski definition) is 1. The molecule has 0 fully saturated rings. The topological polar surface area (TPSA) is 113 Å². The van der Waals surface area contributed by atoms with Crippen LogP contribution in [0.15, 0.2) is 29.2 Å². The Labute approximate surface area is 272 Å². The fourth-order valence-electron chi connectivity index (χ4n) is 2.94. The van der Waals surface area contributed by atoms with Gasteiger partial charge in [-0.05, 0) is 25.5 Å². The molecule has 0 radical (unpaired) electrons. The van der Waals surface area contributed by atoms with Crippen molar-refractivity contribution in [3.05, 3.63) is 29.8 Å². The summed E-state index contributed by atoms with van der Waals surface area (Å²) in [6.07, 6.45) is -8.54. The number of alkyl halides is 17. The monoisotopic (exact) mass is 814 g/mol. The van der Waals surface area contributed by atoms with Crippen LogP contribution in [0.1, 0.15) is 12.0 Å². The third-order valence-corrected chi connectivity index (χ3v) is 8.37. The molecule has 1 N–H and O–H groups in total. The summed E-state index contributed by atoms with van der Waals surface area (Å²) in [7, 11) is -6.47. The Bertz CT molecular complexity index is 1490. The highest BCUT2D eigenvalue weighted by atomic mass is 32.2. The SMILES string of the molecule is C[N+](C)(C)CCOCCCNS(=O)(=O)C(F)(F)C(F)(F)C(F)(F)C(F)(F)C(F)(F)C(F)(F)C(F)(F)C(F)(F)F.Cc1ccc(S(=O)(=O)[O-])cc1. The van der Waals surface area contributed by atoms with Gasteiger partial charge in [0.15, 0.2) is 0 Å². The van der Waals surface area contributed by atoms with Crippen LogP contribution in [-0.4, -0.2) is 120 Å². The zero-order valence-corrected chi connectivity index (χ0v) is 27.1. The Morgan fingerprint density at radius 2 is 1.02 bits per heavy atom. The maximum absolute atomic E-state index is 13.9. The lowest BCUT2D eigenvalue weighted by Gasteiger charge is -2.42. The maximum atomic E-state index is 13.9. The van der Waals surface area contributed by atoms with Crippen LogP contribution in [0.5, 0.6) is 0 Å². The average molecular weight is 815 g/mol. The molecule has 8 nitrogen and oxygen atoms in total. The number of nitrogens with zero attached hydrogens (tertiary/aromatic N) is 1. The van der Waals surface area contributed by atoms with E-state index in [1.54, 1.807) is 33.3 Å². The van der Waals surface area contributed by atoms with Crippen LogP contribution in [0.4, 0.5) is 74.6 Å². The molecule has 0 spiro atoms. The first-order chi connectivity index (χ1) is 21.7. The quantitative estimate of drug-likeness (QED) is 0.0966. The normalized spacial score (nSPS) is 15.1. The van der Waals surface area contributed by atoms with Crippen molar-refractivity contribution in [3.63, 3.8) is 0 Å². The molecule has 296 valence electrons. The van der Waals surface area contributed by atoms with Crippen molar-refractivity contribution < 1.29 is 105 Å². The highest BCUT2D eigenvalue weighted by Crippen LogP contribution is 2.64. The molecule has 0 bridgehead atoms. The molecule has 0 aromatic heterocycles. The van der Waals surface area contributed by atoms with Gasteiger partial charge in [-0.3, -0.25) is 0 Å². The molecule has 1 rings (SSSR count). The van der Waals surface area contributed by atoms with Gasteiger partial charge in [0.05, 0.1) is 32.6 Å². The van der Waals surface area contributed by atoms with Crippen LogP contribution in [0.3, 0.4) is 0 Å². The predicted octanol–water partition coefficient (Wildman–Crippen LogP) is 5.88. The van der Waals surface area contributed by atoms with E-state index >= 15 is 0 Å². The fraction of sp³-hybridized carbons (Fsp3) is 0.739. The molecule has 0 atom stereocenters. The number of quaternary nitrogens is 1. The summed E-state index contributed by atoms with van der Waals surface area (Å²) >= 11 is 0. The Morgan fingerprint density at radius 3 is 1.38 bits per heavy atom. The maximum Gasteiger partial charge on any atom is 0.460 e. The smallest absolute Gasteiger partial charge is 0.460 e. The van der Waals surface area contributed by atoms with Crippen LogP contribution < -0.4 is 4.72 Å². The summed E-state index contributed by atoms with van der Waals surface area (Å²) in [4.78, 5) is -0.178. The molecular weight excluding hydrogens is 787 g/mol. The summed E-state index contributed by atoms with van der Waals surface area (Å²) in [5.41, 5.74) is 0.928. The average Bonchev–Trinajstić information content (AvgIpc) is 2.90. The summed E-state index contributed by atoms with van der Waals surface area (Å²) in [5, 5.41) is -7.56. The van der Waals surface area contributed by atoms with Gasteiger partial charge in [0.25, 0.3) is 10.0 Å². The lowest BCUT2D eigenvalue weighted by Crippen LogP contribution is -2.75. The van der Waals surface area contributed by atoms with E-state index in [0.29, 0.717) is 15.7 Å². The first-order valence-electron chi connectivity index (χ1n) is 12.8. The predicted molar refractivity (Wildman–Crippen MR) is 135 cm³/mol. The van der Waals surface area contributed by atoms with Gasteiger partial charge in [-0.15, -0.1) is 0 Å². The van der Waals surface area contributed by atoms with Crippen LogP contribution in [0, 0.1) is 6.92 Å². The minimum absolute atomic E-state index is 0.0297. The molecule has 0 unspecified atom stereocenters. The molecule has 0 heterocycles. The van der Waals surface area contributed by atoms with Crippen molar-refractivity contribution in [2.75, 3.05) is 47.4 Å². The third kappa shape index (κ3) is 9.60. The molecule has 50 heavy (non-hydrogen) atoms. The van der Waals surface area contributed by atoms with Gasteiger partial charge in [0.1, 0.15) is 16.7 Å².